The Labute approximate surface area is 205 Å². The maximum absolute atomic E-state index is 12.6. The van der Waals surface area contributed by atoms with E-state index < -0.39 is 0 Å². The Morgan fingerprint density at radius 1 is 1.03 bits per heavy atom. The number of nitrogens with zero attached hydrogens (tertiary/aromatic N) is 3. The second-order valence-electron chi connectivity index (χ2n) is 7.15. The Morgan fingerprint density at radius 3 is 2.42 bits per heavy atom. The molecule has 0 spiro atoms. The van der Waals surface area contributed by atoms with Crippen molar-refractivity contribution in [2.75, 3.05) is 18.2 Å². The predicted octanol–water partition coefficient (Wildman–Crippen LogP) is 6.29. The summed E-state index contributed by atoms with van der Waals surface area (Å²) < 4.78 is 7.15. The maximum atomic E-state index is 12.6. The lowest BCUT2D eigenvalue weighted by molar-refractivity contribution is -0.113. The first kappa shape index (κ1) is 23.2. The molecule has 1 amide bonds. The van der Waals surface area contributed by atoms with Gasteiger partial charge in [-0.15, -0.1) is 10.2 Å². The van der Waals surface area contributed by atoms with Gasteiger partial charge in [-0.1, -0.05) is 41.0 Å². The van der Waals surface area contributed by atoms with Crippen LogP contribution >= 0.6 is 35.0 Å². The minimum Gasteiger partial charge on any atom is -0.497 e. The van der Waals surface area contributed by atoms with E-state index in [0.717, 1.165) is 22.6 Å². The SMILES string of the molecule is COc1ccc(-c2nnc(SCC(=O)Nc3ccc(C)c(Cl)c3)n2-c2ccc(Cl)cc2)cc1. The van der Waals surface area contributed by atoms with Crippen molar-refractivity contribution < 1.29 is 9.53 Å². The number of thioether (sulfide) groups is 1. The molecule has 0 unspecified atom stereocenters. The lowest BCUT2D eigenvalue weighted by atomic mass is 10.2. The van der Waals surface area contributed by atoms with Crippen LogP contribution in [0.2, 0.25) is 10.0 Å². The third-order valence-electron chi connectivity index (χ3n) is 4.85. The number of ether oxygens (including phenoxy) is 1. The predicted molar refractivity (Wildman–Crippen MR) is 134 cm³/mol. The highest BCUT2D eigenvalue weighted by molar-refractivity contribution is 7.99. The van der Waals surface area contributed by atoms with Crippen LogP contribution in [-0.2, 0) is 4.79 Å². The standard InChI is InChI=1S/C24H20Cl2N4O2S/c1-15-3-8-18(13-21(15)26)27-22(31)14-33-24-29-28-23(16-4-11-20(32-2)12-5-16)30(24)19-9-6-17(25)7-10-19/h3-13H,14H2,1-2H3,(H,27,31). The molecule has 0 bridgehead atoms. The molecule has 0 atom stereocenters. The van der Waals surface area contributed by atoms with E-state index in [9.17, 15) is 4.79 Å². The summed E-state index contributed by atoms with van der Waals surface area (Å²) in [6.45, 7) is 1.91. The van der Waals surface area contributed by atoms with Crippen molar-refractivity contribution in [1.29, 1.82) is 0 Å². The molecule has 6 nitrogen and oxygen atoms in total. The zero-order chi connectivity index (χ0) is 23.4. The largest absolute Gasteiger partial charge is 0.497 e. The van der Waals surface area contributed by atoms with Crippen molar-refractivity contribution in [2.45, 2.75) is 12.1 Å². The van der Waals surface area contributed by atoms with Crippen molar-refractivity contribution in [2.24, 2.45) is 0 Å². The van der Waals surface area contributed by atoms with Crippen LogP contribution in [0.3, 0.4) is 0 Å². The topological polar surface area (TPSA) is 69.0 Å². The van der Waals surface area contributed by atoms with Crippen molar-refractivity contribution >= 4 is 46.6 Å². The molecule has 1 heterocycles. The quantitative estimate of drug-likeness (QED) is 0.303. The van der Waals surface area contributed by atoms with Gasteiger partial charge in [0.1, 0.15) is 5.75 Å². The summed E-state index contributed by atoms with van der Waals surface area (Å²) in [6, 6.07) is 20.4. The third kappa shape index (κ3) is 5.50. The number of methoxy groups -OCH3 is 1. The Morgan fingerprint density at radius 2 is 1.76 bits per heavy atom. The average Bonchev–Trinajstić information content (AvgIpc) is 3.24. The van der Waals surface area contributed by atoms with Crippen LogP contribution in [0.25, 0.3) is 17.1 Å². The fourth-order valence-electron chi connectivity index (χ4n) is 3.11. The van der Waals surface area contributed by atoms with E-state index in [-0.39, 0.29) is 11.7 Å². The molecule has 3 aromatic carbocycles. The minimum absolute atomic E-state index is 0.153. The minimum atomic E-state index is -0.170. The van der Waals surface area contributed by atoms with Gasteiger partial charge in [0, 0.05) is 27.0 Å². The Hall–Kier alpha value is -3.00. The number of amides is 1. The van der Waals surface area contributed by atoms with Crippen LogP contribution < -0.4 is 10.1 Å². The molecule has 4 aromatic rings. The van der Waals surface area contributed by atoms with E-state index in [1.165, 1.54) is 11.8 Å². The van der Waals surface area contributed by atoms with Crippen LogP contribution in [0, 0.1) is 6.92 Å². The summed E-state index contributed by atoms with van der Waals surface area (Å²) in [6.07, 6.45) is 0. The summed E-state index contributed by atoms with van der Waals surface area (Å²) in [4.78, 5) is 12.6. The number of hydrogen-bond acceptors (Lipinski definition) is 5. The summed E-state index contributed by atoms with van der Waals surface area (Å²) in [5.41, 5.74) is 3.30. The second kappa shape index (κ2) is 10.3. The molecule has 9 heteroatoms. The molecule has 168 valence electrons. The fraction of sp³-hybridized carbons (Fsp3) is 0.125. The fourth-order valence-corrected chi connectivity index (χ4v) is 4.17. The van der Waals surface area contributed by atoms with Gasteiger partial charge in [-0.25, -0.2) is 0 Å². The van der Waals surface area contributed by atoms with Gasteiger partial charge in [-0.05, 0) is 73.2 Å². The number of hydrogen-bond donors (Lipinski definition) is 1. The van der Waals surface area contributed by atoms with Gasteiger partial charge in [0.25, 0.3) is 0 Å². The smallest absolute Gasteiger partial charge is 0.234 e. The normalized spacial score (nSPS) is 10.8. The van der Waals surface area contributed by atoms with Crippen LogP contribution in [0.5, 0.6) is 5.75 Å². The summed E-state index contributed by atoms with van der Waals surface area (Å²) >= 11 is 13.5. The first-order valence-electron chi connectivity index (χ1n) is 9.99. The summed E-state index contributed by atoms with van der Waals surface area (Å²) in [5, 5.41) is 13.4. The molecule has 4 rings (SSSR count). The van der Waals surface area contributed by atoms with Crippen molar-refractivity contribution in [1.82, 2.24) is 14.8 Å². The molecular weight excluding hydrogens is 479 g/mol. The number of carbonyl (C=O) groups is 1. The Bertz CT molecular complexity index is 1270. The first-order chi connectivity index (χ1) is 15.9. The van der Waals surface area contributed by atoms with Gasteiger partial charge in [0.2, 0.25) is 5.91 Å². The van der Waals surface area contributed by atoms with E-state index in [1.807, 2.05) is 60.0 Å². The third-order valence-corrected chi connectivity index (χ3v) is 6.44. The molecule has 0 aliphatic rings. The van der Waals surface area contributed by atoms with Crippen LogP contribution in [0.4, 0.5) is 5.69 Å². The number of aryl methyl sites for hydroxylation is 1. The summed E-state index contributed by atoms with van der Waals surface area (Å²) in [5.74, 6) is 1.38. The van der Waals surface area contributed by atoms with Gasteiger partial charge < -0.3 is 10.1 Å². The van der Waals surface area contributed by atoms with Crippen LogP contribution in [-0.4, -0.2) is 33.5 Å². The maximum Gasteiger partial charge on any atom is 0.234 e. The summed E-state index contributed by atoms with van der Waals surface area (Å²) in [7, 11) is 1.62. The molecule has 0 radical (unpaired) electrons. The number of rotatable bonds is 7. The zero-order valence-electron chi connectivity index (χ0n) is 17.9. The van der Waals surface area contributed by atoms with E-state index in [4.69, 9.17) is 27.9 Å². The zero-order valence-corrected chi connectivity index (χ0v) is 20.2. The van der Waals surface area contributed by atoms with E-state index in [1.54, 1.807) is 25.3 Å². The molecule has 1 N–H and O–H groups in total. The van der Waals surface area contributed by atoms with Crippen molar-refractivity contribution in [3.63, 3.8) is 0 Å². The molecular formula is C24H20Cl2N4O2S. The average molecular weight is 499 g/mol. The van der Waals surface area contributed by atoms with E-state index >= 15 is 0 Å². The van der Waals surface area contributed by atoms with E-state index in [0.29, 0.717) is 26.7 Å². The molecule has 0 aliphatic carbocycles. The molecule has 33 heavy (non-hydrogen) atoms. The monoisotopic (exact) mass is 498 g/mol. The lowest BCUT2D eigenvalue weighted by Crippen LogP contribution is -2.14. The number of aromatic nitrogens is 3. The van der Waals surface area contributed by atoms with Crippen LogP contribution in [0.1, 0.15) is 5.56 Å². The van der Waals surface area contributed by atoms with Gasteiger partial charge >= 0.3 is 0 Å². The van der Waals surface area contributed by atoms with Crippen molar-refractivity contribution in [3.05, 3.63) is 82.3 Å². The molecule has 0 fully saturated rings. The van der Waals surface area contributed by atoms with Gasteiger partial charge in [0.05, 0.1) is 12.9 Å². The number of anilines is 1. The Kier molecular flexibility index (Phi) is 7.23. The molecule has 0 saturated heterocycles. The van der Waals surface area contributed by atoms with Gasteiger partial charge in [-0.2, -0.15) is 0 Å². The highest BCUT2D eigenvalue weighted by Gasteiger charge is 2.18. The number of nitrogens with one attached hydrogen (secondary N) is 1. The number of halogens is 2. The highest BCUT2D eigenvalue weighted by atomic mass is 35.5. The van der Waals surface area contributed by atoms with Crippen molar-refractivity contribution in [3.8, 4) is 22.8 Å². The first-order valence-corrected chi connectivity index (χ1v) is 11.7. The van der Waals surface area contributed by atoms with Crippen LogP contribution in [0.15, 0.2) is 71.9 Å². The van der Waals surface area contributed by atoms with E-state index in [2.05, 4.69) is 15.5 Å². The number of carbonyl (C=O) groups excluding carboxylic acids is 1. The highest BCUT2D eigenvalue weighted by Crippen LogP contribution is 2.30. The second-order valence-corrected chi connectivity index (χ2v) is 8.93. The Balaban J connectivity index is 1.59. The lowest BCUT2D eigenvalue weighted by Gasteiger charge is -2.11. The van der Waals surface area contributed by atoms with Gasteiger partial charge in [0.15, 0.2) is 11.0 Å². The van der Waals surface area contributed by atoms with Gasteiger partial charge in [-0.3, -0.25) is 9.36 Å². The molecule has 0 aliphatic heterocycles. The number of benzene rings is 3. The molecule has 0 saturated carbocycles. The molecule has 1 aromatic heterocycles.